The predicted molar refractivity (Wildman–Crippen MR) is 83.9 cm³/mol. The van der Waals surface area contributed by atoms with Crippen molar-refractivity contribution >= 4 is 33.2 Å². The van der Waals surface area contributed by atoms with Crippen LogP contribution in [-0.2, 0) is 11.2 Å². The van der Waals surface area contributed by atoms with Crippen LogP contribution in [0.5, 0.6) is 0 Å². The Morgan fingerprint density at radius 1 is 1.43 bits per heavy atom. The molecule has 0 saturated heterocycles. The second-order valence-corrected chi connectivity index (χ2v) is 5.74. The molecule has 0 aliphatic heterocycles. The number of carbonyl (C=O) groups excluding carboxylic acids is 1. The maximum atomic E-state index is 11.9. The van der Waals surface area contributed by atoms with Crippen molar-refractivity contribution in [2.24, 2.45) is 0 Å². The lowest BCUT2D eigenvalue weighted by Gasteiger charge is -2.11. The van der Waals surface area contributed by atoms with Gasteiger partial charge in [-0.15, -0.1) is 0 Å². The molecule has 0 aliphatic carbocycles. The standard InChI is InChI=1S/C14H17BrN4O2/c1-8-6-10(15)7-11(14(8)16)18-12(20)4-3-5-13-17-9(2)19-21-13/h6-7H,3-5,16H2,1-2H3,(H,18,20). The number of aromatic nitrogens is 2. The van der Waals surface area contributed by atoms with Gasteiger partial charge in [0.2, 0.25) is 11.8 Å². The number of hydrogen-bond acceptors (Lipinski definition) is 5. The summed E-state index contributed by atoms with van der Waals surface area (Å²) in [4.78, 5) is 16.0. The summed E-state index contributed by atoms with van der Waals surface area (Å²) >= 11 is 3.39. The van der Waals surface area contributed by atoms with Crippen LogP contribution in [0.4, 0.5) is 11.4 Å². The highest BCUT2D eigenvalue weighted by Gasteiger charge is 2.09. The number of anilines is 2. The molecule has 0 bridgehead atoms. The molecule has 1 aromatic heterocycles. The zero-order valence-electron chi connectivity index (χ0n) is 11.9. The summed E-state index contributed by atoms with van der Waals surface area (Å²) < 4.78 is 5.88. The number of nitrogens with zero attached hydrogens (tertiary/aromatic N) is 2. The number of aryl methyl sites for hydroxylation is 3. The van der Waals surface area contributed by atoms with Crippen LogP contribution in [0.25, 0.3) is 0 Å². The van der Waals surface area contributed by atoms with E-state index in [1.165, 1.54) is 0 Å². The lowest BCUT2D eigenvalue weighted by molar-refractivity contribution is -0.116. The fraction of sp³-hybridized carbons (Fsp3) is 0.357. The van der Waals surface area contributed by atoms with Gasteiger partial charge in [0, 0.05) is 17.3 Å². The van der Waals surface area contributed by atoms with Crippen molar-refractivity contribution < 1.29 is 9.32 Å². The van der Waals surface area contributed by atoms with Gasteiger partial charge in [-0.05, 0) is 38.0 Å². The predicted octanol–water partition coefficient (Wildman–Crippen LogP) is 2.99. The first-order valence-electron chi connectivity index (χ1n) is 6.60. The molecular weight excluding hydrogens is 336 g/mol. The van der Waals surface area contributed by atoms with Crippen LogP contribution in [0, 0.1) is 13.8 Å². The maximum absolute atomic E-state index is 11.9. The monoisotopic (exact) mass is 352 g/mol. The number of nitrogen functional groups attached to an aromatic ring is 1. The summed E-state index contributed by atoms with van der Waals surface area (Å²) in [6.07, 6.45) is 1.59. The van der Waals surface area contributed by atoms with Gasteiger partial charge in [-0.2, -0.15) is 4.98 Å². The smallest absolute Gasteiger partial charge is 0.226 e. The molecule has 0 spiro atoms. The van der Waals surface area contributed by atoms with E-state index < -0.39 is 0 Å². The molecule has 2 rings (SSSR count). The Hall–Kier alpha value is -1.89. The van der Waals surface area contributed by atoms with Gasteiger partial charge >= 0.3 is 0 Å². The molecule has 2 aromatic rings. The number of nitrogens with one attached hydrogen (secondary N) is 1. The van der Waals surface area contributed by atoms with E-state index in [0.717, 1.165) is 10.0 Å². The highest BCUT2D eigenvalue weighted by atomic mass is 79.9. The Labute approximate surface area is 131 Å². The number of amides is 1. The minimum Gasteiger partial charge on any atom is -0.397 e. The summed E-state index contributed by atoms with van der Waals surface area (Å²) in [5.74, 6) is 1.07. The number of benzene rings is 1. The van der Waals surface area contributed by atoms with Crippen molar-refractivity contribution in [3.63, 3.8) is 0 Å². The lowest BCUT2D eigenvalue weighted by Crippen LogP contribution is -2.13. The van der Waals surface area contributed by atoms with E-state index in [1.807, 2.05) is 13.0 Å². The van der Waals surface area contributed by atoms with E-state index in [1.54, 1.807) is 13.0 Å². The Morgan fingerprint density at radius 2 is 2.19 bits per heavy atom. The molecule has 0 saturated carbocycles. The number of hydrogen-bond donors (Lipinski definition) is 2. The molecule has 6 nitrogen and oxygen atoms in total. The molecule has 21 heavy (non-hydrogen) atoms. The number of rotatable bonds is 5. The Morgan fingerprint density at radius 3 is 2.86 bits per heavy atom. The molecule has 1 amide bonds. The largest absolute Gasteiger partial charge is 0.397 e. The molecule has 0 fully saturated rings. The maximum Gasteiger partial charge on any atom is 0.226 e. The van der Waals surface area contributed by atoms with Crippen LogP contribution in [0.1, 0.15) is 30.1 Å². The van der Waals surface area contributed by atoms with Crippen molar-refractivity contribution in [3.05, 3.63) is 33.9 Å². The summed E-state index contributed by atoms with van der Waals surface area (Å²) in [7, 11) is 0. The van der Waals surface area contributed by atoms with E-state index in [2.05, 4.69) is 31.4 Å². The first kappa shape index (κ1) is 15.5. The van der Waals surface area contributed by atoms with Gasteiger partial charge in [0.25, 0.3) is 0 Å². The third kappa shape index (κ3) is 4.29. The first-order valence-corrected chi connectivity index (χ1v) is 7.39. The molecule has 7 heteroatoms. The van der Waals surface area contributed by atoms with Gasteiger partial charge < -0.3 is 15.6 Å². The number of nitrogens with two attached hydrogens (primary N) is 1. The van der Waals surface area contributed by atoms with Crippen molar-refractivity contribution in [1.82, 2.24) is 10.1 Å². The zero-order valence-corrected chi connectivity index (χ0v) is 13.5. The molecule has 1 heterocycles. The van der Waals surface area contributed by atoms with Gasteiger partial charge in [0.1, 0.15) is 0 Å². The van der Waals surface area contributed by atoms with Gasteiger partial charge in [0.05, 0.1) is 11.4 Å². The highest BCUT2D eigenvalue weighted by molar-refractivity contribution is 9.10. The van der Waals surface area contributed by atoms with Crippen molar-refractivity contribution in [2.45, 2.75) is 33.1 Å². The SMILES string of the molecule is Cc1noc(CCCC(=O)Nc2cc(Br)cc(C)c2N)n1. The van der Waals surface area contributed by atoms with Gasteiger partial charge in [-0.25, -0.2) is 0 Å². The summed E-state index contributed by atoms with van der Waals surface area (Å²) in [5, 5.41) is 6.53. The second-order valence-electron chi connectivity index (χ2n) is 4.82. The molecule has 1 aromatic carbocycles. The lowest BCUT2D eigenvalue weighted by atomic mass is 10.1. The highest BCUT2D eigenvalue weighted by Crippen LogP contribution is 2.27. The first-order chi connectivity index (χ1) is 9.95. The summed E-state index contributed by atoms with van der Waals surface area (Å²) in [5.41, 5.74) is 8.08. The molecular formula is C14H17BrN4O2. The topological polar surface area (TPSA) is 94.0 Å². The zero-order chi connectivity index (χ0) is 15.4. The second kappa shape index (κ2) is 6.71. The fourth-order valence-electron chi connectivity index (χ4n) is 1.91. The van der Waals surface area contributed by atoms with Crippen molar-refractivity contribution in [1.29, 1.82) is 0 Å². The molecule has 0 unspecified atom stereocenters. The fourth-order valence-corrected chi connectivity index (χ4v) is 2.48. The van der Waals surface area contributed by atoms with E-state index in [9.17, 15) is 4.79 Å². The van der Waals surface area contributed by atoms with E-state index in [0.29, 0.717) is 42.4 Å². The van der Waals surface area contributed by atoms with Crippen LogP contribution >= 0.6 is 15.9 Å². The Kier molecular flexibility index (Phi) is 4.95. The van der Waals surface area contributed by atoms with E-state index in [4.69, 9.17) is 10.3 Å². The molecule has 0 aliphatic rings. The van der Waals surface area contributed by atoms with E-state index in [-0.39, 0.29) is 5.91 Å². The minimum atomic E-state index is -0.0876. The Balaban J connectivity index is 1.87. The van der Waals surface area contributed by atoms with Crippen molar-refractivity contribution in [2.75, 3.05) is 11.1 Å². The Bertz CT molecular complexity index is 654. The van der Waals surface area contributed by atoms with Crippen LogP contribution < -0.4 is 11.1 Å². The van der Waals surface area contributed by atoms with Crippen molar-refractivity contribution in [3.8, 4) is 0 Å². The molecule has 3 N–H and O–H groups in total. The van der Waals surface area contributed by atoms with Gasteiger partial charge in [-0.1, -0.05) is 21.1 Å². The number of halogens is 1. The third-order valence-electron chi connectivity index (χ3n) is 2.99. The minimum absolute atomic E-state index is 0.0876. The van der Waals surface area contributed by atoms with Crippen LogP contribution in [-0.4, -0.2) is 16.0 Å². The third-order valence-corrected chi connectivity index (χ3v) is 3.45. The van der Waals surface area contributed by atoms with Crippen LogP contribution in [0.2, 0.25) is 0 Å². The quantitative estimate of drug-likeness (QED) is 0.806. The normalized spacial score (nSPS) is 10.6. The van der Waals surface area contributed by atoms with Crippen LogP contribution in [0.3, 0.4) is 0 Å². The summed E-state index contributed by atoms with van der Waals surface area (Å²) in [6, 6.07) is 3.70. The summed E-state index contributed by atoms with van der Waals surface area (Å²) in [6.45, 7) is 3.66. The van der Waals surface area contributed by atoms with Crippen LogP contribution in [0.15, 0.2) is 21.1 Å². The van der Waals surface area contributed by atoms with Gasteiger partial charge in [0.15, 0.2) is 5.82 Å². The average molecular weight is 353 g/mol. The average Bonchev–Trinajstić information content (AvgIpc) is 2.81. The van der Waals surface area contributed by atoms with Gasteiger partial charge in [-0.3, -0.25) is 4.79 Å². The molecule has 0 atom stereocenters. The van der Waals surface area contributed by atoms with E-state index >= 15 is 0 Å². The molecule has 112 valence electrons. The molecule has 0 radical (unpaired) electrons. The number of carbonyl (C=O) groups is 1.